The fourth-order valence-corrected chi connectivity index (χ4v) is 2.14. The second kappa shape index (κ2) is 4.35. The second-order valence-electron chi connectivity index (χ2n) is 4.16. The number of hydrogen-bond acceptors (Lipinski definition) is 3. The predicted octanol–water partition coefficient (Wildman–Crippen LogP) is 3.65. The maximum absolute atomic E-state index is 6.02. The normalized spacial score (nSPS) is 10.8. The molecule has 3 nitrogen and oxygen atoms in total. The summed E-state index contributed by atoms with van der Waals surface area (Å²) in [5.74, 6) is 0. The number of hydrogen-bond donors (Lipinski definition) is 0. The third kappa shape index (κ3) is 1.93. The van der Waals surface area contributed by atoms with Crippen molar-refractivity contribution >= 4 is 22.4 Å². The lowest BCUT2D eigenvalue weighted by Crippen LogP contribution is -1.91. The summed E-state index contributed by atoms with van der Waals surface area (Å²) in [6.07, 6.45) is 1.34. The molecular formula is C14H10ClN3. The summed E-state index contributed by atoms with van der Waals surface area (Å²) in [4.78, 5) is 3.94. The molecule has 0 spiro atoms. The second-order valence-corrected chi connectivity index (χ2v) is 4.52. The van der Waals surface area contributed by atoms with Gasteiger partial charge >= 0.3 is 0 Å². The van der Waals surface area contributed by atoms with Gasteiger partial charge < -0.3 is 0 Å². The molecule has 0 unspecified atom stereocenters. The number of aromatic nitrogens is 3. The summed E-state index contributed by atoms with van der Waals surface area (Å²) < 4.78 is 0. The van der Waals surface area contributed by atoms with E-state index in [1.165, 1.54) is 17.3 Å². The van der Waals surface area contributed by atoms with Gasteiger partial charge in [-0.25, -0.2) is 4.98 Å². The molecule has 0 saturated carbocycles. The van der Waals surface area contributed by atoms with Crippen LogP contribution in [0.15, 0.2) is 42.7 Å². The molecule has 0 saturated heterocycles. The first-order valence-electron chi connectivity index (χ1n) is 5.58. The molecule has 0 atom stereocenters. The summed E-state index contributed by atoms with van der Waals surface area (Å²) in [5.41, 5.74) is 2.79. The Labute approximate surface area is 109 Å². The molecule has 0 fully saturated rings. The van der Waals surface area contributed by atoms with Crippen molar-refractivity contribution in [1.29, 1.82) is 0 Å². The van der Waals surface area contributed by atoms with Gasteiger partial charge in [0.25, 0.3) is 0 Å². The number of halogens is 1. The van der Waals surface area contributed by atoms with Crippen molar-refractivity contribution in [3.8, 4) is 11.3 Å². The third-order valence-electron chi connectivity index (χ3n) is 2.85. The average molecular weight is 256 g/mol. The Hall–Kier alpha value is -2.00. The van der Waals surface area contributed by atoms with Gasteiger partial charge in [-0.2, -0.15) is 0 Å². The average Bonchev–Trinajstić information content (AvgIpc) is 2.39. The number of benzene rings is 2. The van der Waals surface area contributed by atoms with E-state index in [1.54, 1.807) is 0 Å². The number of rotatable bonds is 1. The van der Waals surface area contributed by atoms with E-state index >= 15 is 0 Å². The summed E-state index contributed by atoms with van der Waals surface area (Å²) in [5, 5.41) is 10.5. The third-order valence-corrected chi connectivity index (χ3v) is 3.12. The molecule has 88 valence electrons. The van der Waals surface area contributed by atoms with E-state index in [2.05, 4.69) is 46.4 Å². The number of aryl methyl sites for hydroxylation is 1. The molecule has 3 aromatic rings. The predicted molar refractivity (Wildman–Crippen MR) is 72.5 cm³/mol. The van der Waals surface area contributed by atoms with E-state index in [4.69, 9.17) is 11.6 Å². The van der Waals surface area contributed by atoms with Gasteiger partial charge in [0.1, 0.15) is 12.0 Å². The van der Waals surface area contributed by atoms with Crippen molar-refractivity contribution in [3.05, 3.63) is 53.4 Å². The Bertz CT molecular complexity index is 725. The summed E-state index contributed by atoms with van der Waals surface area (Å²) in [6.45, 7) is 2.08. The SMILES string of the molecule is Cc1ccc2cc(-c3nncnc3Cl)ccc2c1. The first kappa shape index (κ1) is 11.1. The van der Waals surface area contributed by atoms with E-state index in [9.17, 15) is 0 Å². The molecule has 0 aliphatic heterocycles. The lowest BCUT2D eigenvalue weighted by Gasteiger charge is -2.04. The van der Waals surface area contributed by atoms with Crippen LogP contribution in [0, 0.1) is 6.92 Å². The molecule has 18 heavy (non-hydrogen) atoms. The summed E-state index contributed by atoms with van der Waals surface area (Å²) in [7, 11) is 0. The van der Waals surface area contributed by atoms with Crippen LogP contribution in [-0.4, -0.2) is 15.2 Å². The Morgan fingerprint density at radius 3 is 2.61 bits per heavy atom. The fourth-order valence-electron chi connectivity index (χ4n) is 1.95. The Morgan fingerprint density at radius 2 is 1.78 bits per heavy atom. The van der Waals surface area contributed by atoms with Gasteiger partial charge in [0, 0.05) is 5.56 Å². The largest absolute Gasteiger partial charge is 0.220 e. The molecule has 0 aliphatic carbocycles. The lowest BCUT2D eigenvalue weighted by molar-refractivity contribution is 0.977. The van der Waals surface area contributed by atoms with Crippen LogP contribution < -0.4 is 0 Å². The highest BCUT2D eigenvalue weighted by Crippen LogP contribution is 2.26. The van der Waals surface area contributed by atoms with Crippen molar-refractivity contribution < 1.29 is 0 Å². The first-order valence-corrected chi connectivity index (χ1v) is 5.96. The van der Waals surface area contributed by atoms with Crippen LogP contribution in [0.25, 0.3) is 22.0 Å². The molecule has 0 N–H and O–H groups in total. The monoisotopic (exact) mass is 255 g/mol. The van der Waals surface area contributed by atoms with E-state index in [1.807, 2.05) is 12.1 Å². The van der Waals surface area contributed by atoms with Gasteiger partial charge in [0.2, 0.25) is 0 Å². The van der Waals surface area contributed by atoms with Crippen molar-refractivity contribution in [2.45, 2.75) is 6.92 Å². The van der Waals surface area contributed by atoms with Crippen LogP contribution in [0.1, 0.15) is 5.56 Å². The Balaban J connectivity index is 2.20. The molecule has 1 heterocycles. The zero-order valence-corrected chi connectivity index (χ0v) is 10.5. The van der Waals surface area contributed by atoms with Crippen molar-refractivity contribution in [1.82, 2.24) is 15.2 Å². The van der Waals surface area contributed by atoms with Gasteiger partial charge in [-0.1, -0.05) is 47.5 Å². The highest BCUT2D eigenvalue weighted by molar-refractivity contribution is 6.31. The Morgan fingerprint density at radius 1 is 1.00 bits per heavy atom. The van der Waals surface area contributed by atoms with Crippen molar-refractivity contribution in [3.63, 3.8) is 0 Å². The maximum Gasteiger partial charge on any atom is 0.159 e. The first-order chi connectivity index (χ1) is 8.74. The van der Waals surface area contributed by atoms with Crippen LogP contribution in [0.4, 0.5) is 0 Å². The highest BCUT2D eigenvalue weighted by Gasteiger charge is 2.07. The minimum absolute atomic E-state index is 0.372. The summed E-state index contributed by atoms with van der Waals surface area (Å²) >= 11 is 6.02. The molecule has 0 aliphatic rings. The molecule has 0 radical (unpaired) electrons. The van der Waals surface area contributed by atoms with Crippen LogP contribution in [0.5, 0.6) is 0 Å². The lowest BCUT2D eigenvalue weighted by atomic mass is 10.0. The molecule has 4 heteroatoms. The van der Waals surface area contributed by atoms with Gasteiger partial charge in [-0.3, -0.25) is 0 Å². The summed E-state index contributed by atoms with van der Waals surface area (Å²) in [6, 6.07) is 12.4. The zero-order valence-electron chi connectivity index (χ0n) is 9.76. The topological polar surface area (TPSA) is 38.7 Å². The number of nitrogens with zero attached hydrogens (tertiary/aromatic N) is 3. The number of fused-ring (bicyclic) bond motifs is 1. The molecule has 1 aromatic heterocycles. The van der Waals surface area contributed by atoms with E-state index in [0.29, 0.717) is 10.8 Å². The molecule has 3 rings (SSSR count). The van der Waals surface area contributed by atoms with Gasteiger partial charge in [-0.05, 0) is 23.8 Å². The van der Waals surface area contributed by atoms with Crippen LogP contribution in [-0.2, 0) is 0 Å². The smallest absolute Gasteiger partial charge is 0.159 e. The van der Waals surface area contributed by atoms with Gasteiger partial charge in [-0.15, -0.1) is 10.2 Å². The fraction of sp³-hybridized carbons (Fsp3) is 0.0714. The molecule has 0 bridgehead atoms. The minimum Gasteiger partial charge on any atom is -0.220 e. The zero-order chi connectivity index (χ0) is 12.5. The van der Waals surface area contributed by atoms with Crippen molar-refractivity contribution in [2.75, 3.05) is 0 Å². The van der Waals surface area contributed by atoms with Crippen LogP contribution in [0.2, 0.25) is 5.15 Å². The van der Waals surface area contributed by atoms with Crippen LogP contribution in [0.3, 0.4) is 0 Å². The Kier molecular flexibility index (Phi) is 2.68. The van der Waals surface area contributed by atoms with Crippen LogP contribution >= 0.6 is 11.6 Å². The maximum atomic E-state index is 6.02. The molecular weight excluding hydrogens is 246 g/mol. The van der Waals surface area contributed by atoms with Crippen molar-refractivity contribution in [2.24, 2.45) is 0 Å². The van der Waals surface area contributed by atoms with Gasteiger partial charge in [0.15, 0.2) is 5.15 Å². The highest BCUT2D eigenvalue weighted by atomic mass is 35.5. The van der Waals surface area contributed by atoms with E-state index in [-0.39, 0.29) is 0 Å². The van der Waals surface area contributed by atoms with E-state index in [0.717, 1.165) is 10.9 Å². The van der Waals surface area contributed by atoms with E-state index < -0.39 is 0 Å². The minimum atomic E-state index is 0.372. The standard InChI is InChI=1S/C14H10ClN3/c1-9-2-3-11-7-12(5-4-10(11)6-9)13-14(15)16-8-17-18-13/h2-8H,1H3. The molecule has 0 amide bonds. The quantitative estimate of drug-likeness (QED) is 0.666. The van der Waals surface area contributed by atoms with Gasteiger partial charge in [0.05, 0.1) is 0 Å². The molecule has 2 aromatic carbocycles.